The van der Waals surface area contributed by atoms with Crippen LogP contribution in [0.4, 0.5) is 18.9 Å². The molecule has 0 unspecified atom stereocenters. The van der Waals surface area contributed by atoms with Crippen molar-refractivity contribution < 1.29 is 18.3 Å². The number of nitrogens with two attached hydrogens (primary N) is 1. The minimum absolute atomic E-state index is 0.0511. The Bertz CT molecular complexity index is 388. The summed E-state index contributed by atoms with van der Waals surface area (Å²) in [6, 6.07) is 0.833. The van der Waals surface area contributed by atoms with Crippen LogP contribution in [0.25, 0.3) is 0 Å². The van der Waals surface area contributed by atoms with Gasteiger partial charge in [0.25, 0.3) is 0 Å². The van der Waals surface area contributed by atoms with E-state index in [1.807, 2.05) is 0 Å². The lowest BCUT2D eigenvalue weighted by molar-refractivity contribution is -0.139. The Balaban J connectivity index is 3.40. The van der Waals surface area contributed by atoms with Crippen LogP contribution in [0.15, 0.2) is 12.3 Å². The van der Waals surface area contributed by atoms with E-state index in [4.69, 9.17) is 10.8 Å². The average molecular weight is 234 g/mol. The van der Waals surface area contributed by atoms with Crippen molar-refractivity contribution >= 4 is 5.69 Å². The van der Waals surface area contributed by atoms with Crippen LogP contribution in [-0.2, 0) is 11.6 Å². The van der Waals surface area contributed by atoms with Crippen LogP contribution in [0, 0.1) is 0 Å². The fraction of sp³-hybridized carbons (Fsp3) is 0.500. The fourth-order valence-electron chi connectivity index (χ4n) is 1.31. The van der Waals surface area contributed by atoms with Crippen LogP contribution in [0.1, 0.15) is 25.1 Å². The third-order valence-electron chi connectivity index (χ3n) is 2.25. The van der Waals surface area contributed by atoms with Gasteiger partial charge in [0.05, 0.1) is 29.7 Å². The topological polar surface area (TPSA) is 59.1 Å². The van der Waals surface area contributed by atoms with Crippen LogP contribution >= 0.6 is 0 Å². The van der Waals surface area contributed by atoms with E-state index < -0.39 is 23.8 Å². The standard InChI is InChI=1S/C10H13F3N2O/c1-9(2,5-16)8-7(10(11,12)13)3-6(14)4-15-8/h3-4,16H,5,14H2,1-2H3. The molecule has 0 aromatic carbocycles. The zero-order chi connectivity index (χ0) is 12.6. The molecule has 0 radical (unpaired) electrons. The minimum atomic E-state index is -4.52. The number of aromatic nitrogens is 1. The highest BCUT2D eigenvalue weighted by Gasteiger charge is 2.38. The van der Waals surface area contributed by atoms with Crippen LogP contribution in [0.5, 0.6) is 0 Å². The van der Waals surface area contributed by atoms with Crippen molar-refractivity contribution in [2.24, 2.45) is 0 Å². The smallest absolute Gasteiger partial charge is 0.397 e. The maximum atomic E-state index is 12.7. The lowest BCUT2D eigenvalue weighted by Crippen LogP contribution is -2.28. The summed E-state index contributed by atoms with van der Waals surface area (Å²) in [6.07, 6.45) is -3.37. The number of hydrogen-bond donors (Lipinski definition) is 2. The third kappa shape index (κ3) is 2.44. The second-order valence-corrected chi connectivity index (χ2v) is 4.20. The molecule has 0 saturated heterocycles. The molecule has 0 spiro atoms. The van der Waals surface area contributed by atoms with Gasteiger partial charge in [-0.1, -0.05) is 13.8 Å². The first kappa shape index (κ1) is 12.8. The van der Waals surface area contributed by atoms with Crippen molar-refractivity contribution in [1.29, 1.82) is 0 Å². The molecular weight excluding hydrogens is 221 g/mol. The number of rotatable bonds is 2. The van der Waals surface area contributed by atoms with Gasteiger partial charge < -0.3 is 10.8 Å². The molecule has 3 nitrogen and oxygen atoms in total. The number of hydrogen-bond acceptors (Lipinski definition) is 3. The van der Waals surface area contributed by atoms with Gasteiger partial charge in [0.2, 0.25) is 0 Å². The number of alkyl halides is 3. The van der Waals surface area contributed by atoms with E-state index in [9.17, 15) is 13.2 Å². The Kier molecular flexibility index (Phi) is 3.14. The molecule has 1 aromatic heterocycles. The second kappa shape index (κ2) is 3.93. The van der Waals surface area contributed by atoms with Crippen molar-refractivity contribution in [2.75, 3.05) is 12.3 Å². The highest BCUT2D eigenvalue weighted by atomic mass is 19.4. The van der Waals surface area contributed by atoms with Gasteiger partial charge in [-0.15, -0.1) is 0 Å². The van der Waals surface area contributed by atoms with Crippen molar-refractivity contribution in [3.05, 3.63) is 23.5 Å². The number of halogens is 3. The largest absolute Gasteiger partial charge is 0.418 e. The zero-order valence-electron chi connectivity index (χ0n) is 8.97. The van der Waals surface area contributed by atoms with Crippen molar-refractivity contribution in [3.8, 4) is 0 Å². The van der Waals surface area contributed by atoms with Gasteiger partial charge in [-0.25, -0.2) is 0 Å². The number of aliphatic hydroxyl groups excluding tert-OH is 1. The number of nitrogen functional groups attached to an aromatic ring is 1. The van der Waals surface area contributed by atoms with E-state index in [-0.39, 0.29) is 11.4 Å². The summed E-state index contributed by atoms with van der Waals surface area (Å²) >= 11 is 0. The summed E-state index contributed by atoms with van der Waals surface area (Å²) in [5, 5.41) is 9.07. The van der Waals surface area contributed by atoms with Crippen LogP contribution in [-0.4, -0.2) is 16.7 Å². The molecule has 1 heterocycles. The molecule has 0 amide bonds. The monoisotopic (exact) mass is 234 g/mol. The summed E-state index contributed by atoms with van der Waals surface area (Å²) in [6.45, 7) is 2.55. The SMILES string of the molecule is CC(C)(CO)c1ncc(N)cc1C(F)(F)F. The Labute approximate surface area is 91.1 Å². The summed E-state index contributed by atoms with van der Waals surface area (Å²) in [4.78, 5) is 3.68. The predicted molar refractivity (Wildman–Crippen MR) is 53.8 cm³/mol. The summed E-state index contributed by atoms with van der Waals surface area (Å²) in [5.74, 6) is 0. The molecule has 90 valence electrons. The summed E-state index contributed by atoms with van der Waals surface area (Å²) in [7, 11) is 0. The molecular formula is C10H13F3N2O. The lowest BCUT2D eigenvalue weighted by Gasteiger charge is -2.25. The maximum absolute atomic E-state index is 12.7. The number of anilines is 1. The molecule has 0 aliphatic heterocycles. The quantitative estimate of drug-likeness (QED) is 0.822. The van der Waals surface area contributed by atoms with E-state index in [0.29, 0.717) is 0 Å². The zero-order valence-corrected chi connectivity index (χ0v) is 8.97. The fourth-order valence-corrected chi connectivity index (χ4v) is 1.31. The van der Waals surface area contributed by atoms with Gasteiger partial charge >= 0.3 is 6.18 Å². The Morgan fingerprint density at radius 3 is 2.38 bits per heavy atom. The minimum Gasteiger partial charge on any atom is -0.397 e. The van der Waals surface area contributed by atoms with E-state index in [1.54, 1.807) is 0 Å². The van der Waals surface area contributed by atoms with Gasteiger partial charge in [-0.2, -0.15) is 13.2 Å². The molecule has 1 rings (SSSR count). The third-order valence-corrected chi connectivity index (χ3v) is 2.25. The molecule has 6 heteroatoms. The maximum Gasteiger partial charge on any atom is 0.418 e. The molecule has 0 aliphatic carbocycles. The molecule has 3 N–H and O–H groups in total. The molecule has 0 saturated carbocycles. The molecule has 0 atom stereocenters. The van der Waals surface area contributed by atoms with Crippen molar-refractivity contribution in [2.45, 2.75) is 25.4 Å². The Morgan fingerprint density at radius 2 is 1.94 bits per heavy atom. The molecule has 0 fully saturated rings. The van der Waals surface area contributed by atoms with Crippen molar-refractivity contribution in [3.63, 3.8) is 0 Å². The van der Waals surface area contributed by atoms with Gasteiger partial charge in [0.15, 0.2) is 0 Å². The number of pyridine rings is 1. The number of aliphatic hydroxyl groups is 1. The van der Waals surface area contributed by atoms with E-state index >= 15 is 0 Å². The van der Waals surface area contributed by atoms with Gasteiger partial charge in [-0.05, 0) is 6.07 Å². The molecule has 0 aliphatic rings. The van der Waals surface area contributed by atoms with Crippen LogP contribution in [0.3, 0.4) is 0 Å². The first-order chi connectivity index (χ1) is 7.18. The van der Waals surface area contributed by atoms with Crippen LogP contribution < -0.4 is 5.73 Å². The molecule has 1 aromatic rings. The Hall–Kier alpha value is -1.30. The van der Waals surface area contributed by atoms with Crippen molar-refractivity contribution in [1.82, 2.24) is 4.98 Å². The Morgan fingerprint density at radius 1 is 1.38 bits per heavy atom. The normalized spacial score (nSPS) is 12.9. The lowest BCUT2D eigenvalue weighted by atomic mass is 9.86. The van der Waals surface area contributed by atoms with E-state index in [2.05, 4.69) is 4.98 Å². The highest BCUT2D eigenvalue weighted by Crippen LogP contribution is 2.37. The first-order valence-electron chi connectivity index (χ1n) is 4.62. The highest BCUT2D eigenvalue weighted by molar-refractivity contribution is 5.43. The average Bonchev–Trinajstić information content (AvgIpc) is 2.16. The molecule has 16 heavy (non-hydrogen) atoms. The number of nitrogens with zero attached hydrogens (tertiary/aromatic N) is 1. The van der Waals surface area contributed by atoms with Crippen LogP contribution in [0.2, 0.25) is 0 Å². The summed E-state index contributed by atoms with van der Waals surface area (Å²) in [5.41, 5.74) is 3.08. The van der Waals surface area contributed by atoms with Gasteiger partial charge in [0.1, 0.15) is 0 Å². The summed E-state index contributed by atoms with van der Waals surface area (Å²) < 4.78 is 38.2. The van der Waals surface area contributed by atoms with E-state index in [0.717, 1.165) is 12.3 Å². The van der Waals surface area contributed by atoms with E-state index in [1.165, 1.54) is 13.8 Å². The molecule has 0 bridgehead atoms. The predicted octanol–water partition coefficient (Wildman–Crippen LogP) is 1.95. The van der Waals surface area contributed by atoms with Gasteiger partial charge in [0, 0.05) is 5.41 Å². The second-order valence-electron chi connectivity index (χ2n) is 4.20. The van der Waals surface area contributed by atoms with Gasteiger partial charge in [-0.3, -0.25) is 4.98 Å². The first-order valence-corrected chi connectivity index (χ1v) is 4.62.